The first kappa shape index (κ1) is 21.2. The Morgan fingerprint density at radius 1 is 1.19 bits per heavy atom. The number of esters is 1. The number of ether oxygens (including phenoxy) is 2. The van der Waals surface area contributed by atoms with Crippen LogP contribution in [0.25, 0.3) is 0 Å². The van der Waals surface area contributed by atoms with Gasteiger partial charge in [-0.2, -0.15) is 0 Å². The molecule has 0 spiro atoms. The minimum Gasteiger partial charge on any atom is -0.493 e. The Labute approximate surface area is 163 Å². The third-order valence-corrected chi connectivity index (χ3v) is 5.69. The van der Waals surface area contributed by atoms with Crippen molar-refractivity contribution in [1.29, 1.82) is 0 Å². The number of carbonyl (C=O) groups excluding carboxylic acids is 1. The molecule has 7 nitrogen and oxygen atoms in total. The maximum absolute atomic E-state index is 12.4. The number of carbonyl (C=O) groups is 1. The van der Waals surface area contributed by atoms with Gasteiger partial charge in [-0.1, -0.05) is 34.3 Å². The molecule has 0 bridgehead atoms. The molecule has 9 heteroatoms. The van der Waals surface area contributed by atoms with Crippen LogP contribution in [0.1, 0.15) is 22.8 Å². The van der Waals surface area contributed by atoms with Crippen molar-refractivity contribution in [2.45, 2.75) is 18.4 Å². The molecule has 0 aliphatic carbocycles. The van der Waals surface area contributed by atoms with Gasteiger partial charge in [-0.15, -0.1) is 0 Å². The van der Waals surface area contributed by atoms with Gasteiger partial charge in [-0.25, -0.2) is 13.2 Å². The predicted octanol–water partition coefficient (Wildman–Crippen LogP) is 3.28. The van der Waals surface area contributed by atoms with E-state index in [0.29, 0.717) is 22.4 Å². The number of benzene rings is 2. The summed E-state index contributed by atoms with van der Waals surface area (Å²) in [5.74, 6) is -0.139. The lowest BCUT2D eigenvalue weighted by Crippen LogP contribution is -2.26. The molecule has 0 aromatic heterocycles. The van der Waals surface area contributed by atoms with E-state index in [1.54, 1.807) is 18.2 Å². The van der Waals surface area contributed by atoms with E-state index in [1.165, 1.54) is 26.3 Å². The van der Waals surface area contributed by atoms with Gasteiger partial charge >= 0.3 is 5.97 Å². The highest BCUT2D eigenvalue weighted by atomic mass is 35.5. The SMILES string of the molecule is CCOc1ccccc1COC(=O)c1cc(S(=O)(=O)N(C)OC)ccc1Cl. The first-order valence-corrected chi connectivity index (χ1v) is 9.83. The summed E-state index contributed by atoms with van der Waals surface area (Å²) in [4.78, 5) is 17.0. The monoisotopic (exact) mass is 413 g/mol. The van der Waals surface area contributed by atoms with Gasteiger partial charge in [-0.3, -0.25) is 4.84 Å². The van der Waals surface area contributed by atoms with Gasteiger partial charge in [0.25, 0.3) is 10.0 Å². The van der Waals surface area contributed by atoms with E-state index in [4.69, 9.17) is 25.9 Å². The lowest BCUT2D eigenvalue weighted by molar-refractivity contribution is -0.0258. The molecule has 0 radical (unpaired) electrons. The van der Waals surface area contributed by atoms with Crippen molar-refractivity contribution >= 4 is 27.6 Å². The second kappa shape index (κ2) is 9.18. The molecule has 0 saturated heterocycles. The van der Waals surface area contributed by atoms with Gasteiger partial charge in [0.15, 0.2) is 0 Å². The molecule has 0 aliphatic rings. The van der Waals surface area contributed by atoms with E-state index in [2.05, 4.69) is 0 Å². The third kappa shape index (κ3) is 4.98. The molecular formula is C18H20ClNO6S. The number of hydrogen-bond acceptors (Lipinski definition) is 6. The van der Waals surface area contributed by atoms with Gasteiger partial charge in [0.1, 0.15) is 12.4 Å². The molecule has 146 valence electrons. The van der Waals surface area contributed by atoms with Crippen LogP contribution in [0.4, 0.5) is 0 Å². The van der Waals surface area contributed by atoms with Crippen molar-refractivity contribution in [3.63, 3.8) is 0 Å². The highest BCUT2D eigenvalue weighted by Gasteiger charge is 2.24. The molecule has 0 amide bonds. The Morgan fingerprint density at radius 3 is 2.56 bits per heavy atom. The van der Waals surface area contributed by atoms with Crippen LogP contribution in [0.3, 0.4) is 0 Å². The van der Waals surface area contributed by atoms with Gasteiger partial charge < -0.3 is 9.47 Å². The topological polar surface area (TPSA) is 82.1 Å². The summed E-state index contributed by atoms with van der Waals surface area (Å²) >= 11 is 6.05. The zero-order chi connectivity index (χ0) is 20.0. The molecule has 0 aliphatic heterocycles. The number of sulfonamides is 1. The van der Waals surface area contributed by atoms with Crippen LogP contribution >= 0.6 is 11.6 Å². The minimum absolute atomic E-state index is 0.0414. The molecule has 0 atom stereocenters. The molecule has 27 heavy (non-hydrogen) atoms. The summed E-state index contributed by atoms with van der Waals surface area (Å²) in [5.41, 5.74) is 0.628. The van der Waals surface area contributed by atoms with Crippen molar-refractivity contribution in [3.8, 4) is 5.75 Å². The van der Waals surface area contributed by atoms with Crippen LogP contribution in [-0.4, -0.2) is 39.6 Å². The fourth-order valence-corrected chi connectivity index (χ4v) is 3.40. The first-order chi connectivity index (χ1) is 12.8. The Bertz CT molecular complexity index is 916. The Morgan fingerprint density at radius 2 is 1.89 bits per heavy atom. The smallest absolute Gasteiger partial charge is 0.340 e. The molecule has 2 aromatic rings. The first-order valence-electron chi connectivity index (χ1n) is 8.01. The fraction of sp³-hybridized carbons (Fsp3) is 0.278. The van der Waals surface area contributed by atoms with Crippen molar-refractivity contribution in [3.05, 3.63) is 58.6 Å². The predicted molar refractivity (Wildman–Crippen MR) is 100 cm³/mol. The van der Waals surface area contributed by atoms with E-state index in [0.717, 1.165) is 6.07 Å². The number of para-hydroxylation sites is 1. The molecule has 0 N–H and O–H groups in total. The maximum atomic E-state index is 12.4. The van der Waals surface area contributed by atoms with Crippen molar-refractivity contribution < 1.29 is 27.5 Å². The molecule has 0 fully saturated rings. The van der Waals surface area contributed by atoms with Crippen molar-refractivity contribution in [1.82, 2.24) is 4.47 Å². The minimum atomic E-state index is -3.92. The summed E-state index contributed by atoms with van der Waals surface area (Å²) in [7, 11) is -1.45. The Hall–Kier alpha value is -2.13. The van der Waals surface area contributed by atoms with E-state index in [-0.39, 0.29) is 22.1 Å². The number of rotatable bonds is 8. The van der Waals surface area contributed by atoms with E-state index >= 15 is 0 Å². The lowest BCUT2D eigenvalue weighted by Gasteiger charge is -2.15. The van der Waals surface area contributed by atoms with Crippen LogP contribution in [0.5, 0.6) is 5.75 Å². The number of hydroxylamine groups is 1. The van der Waals surface area contributed by atoms with Gasteiger partial charge in [0.2, 0.25) is 0 Å². The van der Waals surface area contributed by atoms with Gasteiger partial charge in [0.05, 0.1) is 29.2 Å². The number of nitrogens with zero attached hydrogens (tertiary/aromatic N) is 1. The standard InChI is InChI=1S/C18H20ClNO6S/c1-4-25-17-8-6-5-7-13(17)12-26-18(21)15-11-14(9-10-16(15)19)27(22,23)20(2)24-3/h5-11H,4,12H2,1-3H3. The van der Waals surface area contributed by atoms with Gasteiger partial charge in [0, 0.05) is 12.6 Å². The third-order valence-electron chi connectivity index (χ3n) is 3.68. The van der Waals surface area contributed by atoms with Gasteiger partial charge in [-0.05, 0) is 31.2 Å². The van der Waals surface area contributed by atoms with Crippen molar-refractivity contribution in [2.75, 3.05) is 20.8 Å². The number of hydrogen-bond donors (Lipinski definition) is 0. The van der Waals surface area contributed by atoms with Crippen LogP contribution in [0.15, 0.2) is 47.4 Å². The number of halogens is 1. The second-order valence-corrected chi connectivity index (χ2v) is 7.70. The molecular weight excluding hydrogens is 394 g/mol. The van der Waals surface area contributed by atoms with Crippen LogP contribution in [-0.2, 0) is 26.2 Å². The normalized spacial score (nSPS) is 11.4. The maximum Gasteiger partial charge on any atom is 0.340 e. The second-order valence-electron chi connectivity index (χ2n) is 5.36. The average Bonchev–Trinajstić information content (AvgIpc) is 2.66. The summed E-state index contributed by atoms with van der Waals surface area (Å²) in [6, 6.07) is 10.9. The van der Waals surface area contributed by atoms with E-state index in [1.807, 2.05) is 13.0 Å². The molecule has 0 saturated carbocycles. The zero-order valence-corrected chi connectivity index (χ0v) is 16.7. The highest BCUT2D eigenvalue weighted by Crippen LogP contribution is 2.25. The van der Waals surface area contributed by atoms with E-state index in [9.17, 15) is 13.2 Å². The highest BCUT2D eigenvalue weighted by molar-refractivity contribution is 7.89. The zero-order valence-electron chi connectivity index (χ0n) is 15.1. The summed E-state index contributed by atoms with van der Waals surface area (Å²) in [6.45, 7) is 2.29. The van der Waals surface area contributed by atoms with Crippen LogP contribution < -0.4 is 4.74 Å². The largest absolute Gasteiger partial charge is 0.493 e. The summed E-state index contributed by atoms with van der Waals surface area (Å²) in [5, 5.41) is 0.0807. The van der Waals surface area contributed by atoms with E-state index < -0.39 is 16.0 Å². The lowest BCUT2D eigenvalue weighted by atomic mass is 10.2. The fourth-order valence-electron chi connectivity index (χ4n) is 2.21. The molecule has 2 rings (SSSR count). The van der Waals surface area contributed by atoms with Crippen molar-refractivity contribution in [2.24, 2.45) is 0 Å². The summed E-state index contributed by atoms with van der Waals surface area (Å²) in [6.07, 6.45) is 0. The van der Waals surface area contributed by atoms with Crippen LogP contribution in [0.2, 0.25) is 5.02 Å². The Balaban J connectivity index is 2.23. The average molecular weight is 414 g/mol. The molecule has 0 unspecified atom stereocenters. The Kier molecular flexibility index (Phi) is 7.20. The molecule has 2 aromatic carbocycles. The quantitative estimate of drug-likeness (QED) is 0.488. The van der Waals surface area contributed by atoms with Crippen LogP contribution in [0, 0.1) is 0 Å². The molecule has 0 heterocycles. The summed E-state index contributed by atoms with van der Waals surface area (Å²) < 4.78 is 36.1.